The molecule has 0 aliphatic rings. The highest BCUT2D eigenvalue weighted by Gasteiger charge is 2.21. The lowest BCUT2D eigenvalue weighted by Crippen LogP contribution is -2.13. The fraction of sp³-hybridized carbons (Fsp3) is 0.333. The van der Waals surface area contributed by atoms with Crippen molar-refractivity contribution in [3.05, 3.63) is 11.4 Å². The van der Waals surface area contributed by atoms with Gasteiger partial charge in [-0.15, -0.1) is 0 Å². The van der Waals surface area contributed by atoms with Crippen LogP contribution in [0, 0.1) is 0 Å². The van der Waals surface area contributed by atoms with Crippen LogP contribution in [0.4, 0.5) is 0 Å². The second-order valence-corrected chi connectivity index (χ2v) is 5.41. The summed E-state index contributed by atoms with van der Waals surface area (Å²) < 4.78 is 16.6. The Kier molecular flexibility index (Phi) is 4.59. The number of rotatable bonds is 2. The summed E-state index contributed by atoms with van der Waals surface area (Å²) in [6.07, 6.45) is 0. The number of carbonyl (C=O) groups excluding carboxylic acids is 2. The zero-order valence-corrected chi connectivity index (χ0v) is 10.2. The normalized spacial score (nSPS) is 9.20. The summed E-state index contributed by atoms with van der Waals surface area (Å²) in [6.45, 7) is 0. The Morgan fingerprint density at radius 3 is 1.73 bits per heavy atom. The lowest BCUT2D eigenvalue weighted by Gasteiger charge is -1.98. The van der Waals surface area contributed by atoms with Crippen molar-refractivity contribution in [2.24, 2.45) is 0 Å². The van der Waals surface area contributed by atoms with Crippen LogP contribution in [0.2, 0.25) is 0 Å². The Labute approximate surface area is 95.9 Å². The Morgan fingerprint density at radius 2 is 1.40 bits per heavy atom. The van der Waals surface area contributed by atoms with Crippen LogP contribution in [0.25, 0.3) is 0 Å². The molecule has 1 aromatic heterocycles. The Balaban J connectivity index is 3.31. The summed E-state index contributed by atoms with van der Waals surface area (Å²) in [5, 5.41) is 0. The topological polar surface area (TPSA) is 78.4 Å². The Morgan fingerprint density at radius 1 is 1.00 bits per heavy atom. The van der Waals surface area contributed by atoms with E-state index in [1.165, 1.54) is 23.6 Å². The van der Waals surface area contributed by atoms with Crippen LogP contribution in [0.1, 0.15) is 21.0 Å². The van der Waals surface area contributed by atoms with Crippen LogP contribution >= 0.6 is 30.4 Å². The van der Waals surface area contributed by atoms with Gasteiger partial charge in [0.05, 0.1) is 14.2 Å². The standard InChI is InChI=1S/C6H6N2O4S3/c1-11-5(9)3-4(6(10)12-2)8-14-15-13-7-3/h1-2H3. The van der Waals surface area contributed by atoms with Crippen molar-refractivity contribution in [3.8, 4) is 0 Å². The maximum Gasteiger partial charge on any atom is 0.360 e. The molecule has 0 radical (unpaired) electrons. The highest BCUT2D eigenvalue weighted by molar-refractivity contribution is 7.91. The number of carbonyl (C=O) groups is 2. The number of nitrogens with zero attached hydrogens (tertiary/aromatic N) is 2. The van der Waals surface area contributed by atoms with Gasteiger partial charge in [-0.25, -0.2) is 9.59 Å². The maximum atomic E-state index is 11.3. The van der Waals surface area contributed by atoms with E-state index in [0.29, 0.717) is 0 Å². The molecular formula is C6H6N2O4S3. The first-order chi connectivity index (χ1) is 7.20. The van der Waals surface area contributed by atoms with Crippen LogP contribution in [-0.4, -0.2) is 34.9 Å². The molecule has 0 atom stereocenters. The Bertz CT molecular complexity index is 370. The zero-order chi connectivity index (χ0) is 11.3. The van der Waals surface area contributed by atoms with E-state index in [2.05, 4.69) is 18.2 Å². The van der Waals surface area contributed by atoms with Gasteiger partial charge in [0.1, 0.15) is 0 Å². The first-order valence-corrected chi connectivity index (χ1v) is 6.93. The van der Waals surface area contributed by atoms with Crippen LogP contribution < -0.4 is 0 Å². The van der Waals surface area contributed by atoms with Crippen LogP contribution in [-0.2, 0) is 9.47 Å². The predicted octanol–water partition coefficient (Wildman–Crippen LogP) is 1.36. The minimum absolute atomic E-state index is 0.133. The van der Waals surface area contributed by atoms with Crippen LogP contribution in [0.15, 0.2) is 0 Å². The molecule has 0 N–H and O–H groups in total. The van der Waals surface area contributed by atoms with Gasteiger partial charge in [0.25, 0.3) is 0 Å². The highest BCUT2D eigenvalue weighted by Crippen LogP contribution is 2.12. The van der Waals surface area contributed by atoms with E-state index in [-0.39, 0.29) is 11.4 Å². The second kappa shape index (κ2) is 5.73. The van der Waals surface area contributed by atoms with Crippen molar-refractivity contribution >= 4 is 42.4 Å². The fourth-order valence-electron chi connectivity index (χ4n) is 0.666. The first-order valence-electron chi connectivity index (χ1n) is 3.53. The molecule has 0 saturated heterocycles. The van der Waals surface area contributed by atoms with E-state index in [1.807, 2.05) is 0 Å². The van der Waals surface area contributed by atoms with E-state index >= 15 is 0 Å². The van der Waals surface area contributed by atoms with Gasteiger partial charge in [0.15, 0.2) is 11.4 Å². The summed E-state index contributed by atoms with van der Waals surface area (Å²) in [4.78, 5) is 22.6. The van der Waals surface area contributed by atoms with Crippen molar-refractivity contribution in [2.75, 3.05) is 14.2 Å². The minimum Gasteiger partial charge on any atom is -0.464 e. The monoisotopic (exact) mass is 266 g/mol. The second-order valence-electron chi connectivity index (χ2n) is 2.08. The summed E-state index contributed by atoms with van der Waals surface area (Å²) in [5.74, 6) is -1.43. The van der Waals surface area contributed by atoms with E-state index in [1.54, 1.807) is 0 Å². The van der Waals surface area contributed by atoms with Gasteiger partial charge >= 0.3 is 11.9 Å². The SMILES string of the molecule is COC(=O)c1nsssnc1C(=O)OC. The molecule has 0 aliphatic heterocycles. The van der Waals surface area contributed by atoms with Crippen molar-refractivity contribution in [1.29, 1.82) is 0 Å². The van der Waals surface area contributed by atoms with Crippen molar-refractivity contribution in [2.45, 2.75) is 0 Å². The third kappa shape index (κ3) is 2.94. The number of esters is 2. The molecule has 0 spiro atoms. The zero-order valence-electron chi connectivity index (χ0n) is 7.75. The lowest BCUT2D eigenvalue weighted by atomic mass is 10.3. The average Bonchev–Trinajstić information content (AvgIpc) is 2.52. The number of hydrogen-bond acceptors (Lipinski definition) is 9. The van der Waals surface area contributed by atoms with Gasteiger partial charge in [0.2, 0.25) is 0 Å². The molecule has 9 heteroatoms. The van der Waals surface area contributed by atoms with Gasteiger partial charge in [-0.2, -0.15) is 8.75 Å². The summed E-state index contributed by atoms with van der Waals surface area (Å²) in [5.41, 5.74) is -0.265. The molecule has 0 amide bonds. The summed E-state index contributed by atoms with van der Waals surface area (Å²) in [6, 6.07) is 0. The summed E-state index contributed by atoms with van der Waals surface area (Å²) in [7, 11) is 5.72. The third-order valence-electron chi connectivity index (χ3n) is 1.30. The highest BCUT2D eigenvalue weighted by atomic mass is 33.2. The number of aromatic nitrogens is 2. The Hall–Kier alpha value is -1.06. The lowest BCUT2D eigenvalue weighted by molar-refractivity contribution is 0.0546. The molecule has 0 bridgehead atoms. The van der Waals surface area contributed by atoms with Gasteiger partial charge in [-0.1, -0.05) is 0 Å². The van der Waals surface area contributed by atoms with Gasteiger partial charge in [0, 0.05) is 30.4 Å². The number of methoxy groups -OCH3 is 2. The van der Waals surface area contributed by atoms with Crippen LogP contribution in [0.3, 0.4) is 0 Å². The molecule has 0 aliphatic carbocycles. The molecule has 15 heavy (non-hydrogen) atoms. The van der Waals surface area contributed by atoms with Crippen molar-refractivity contribution < 1.29 is 19.1 Å². The van der Waals surface area contributed by atoms with Gasteiger partial charge < -0.3 is 9.47 Å². The minimum atomic E-state index is -0.713. The quantitative estimate of drug-likeness (QED) is 0.594. The molecular weight excluding hydrogens is 260 g/mol. The fourth-order valence-corrected chi connectivity index (χ4v) is 2.73. The largest absolute Gasteiger partial charge is 0.464 e. The molecule has 1 aromatic rings. The van der Waals surface area contributed by atoms with E-state index in [0.717, 1.165) is 21.1 Å². The molecule has 0 aromatic carbocycles. The number of ether oxygens (including phenoxy) is 2. The predicted molar refractivity (Wildman–Crippen MR) is 56.0 cm³/mol. The smallest absolute Gasteiger partial charge is 0.360 e. The third-order valence-corrected chi connectivity index (χ3v) is 3.84. The maximum absolute atomic E-state index is 11.3. The molecule has 82 valence electrons. The van der Waals surface area contributed by atoms with Crippen molar-refractivity contribution in [3.63, 3.8) is 0 Å². The summed E-state index contributed by atoms with van der Waals surface area (Å²) >= 11 is 0. The average molecular weight is 266 g/mol. The van der Waals surface area contributed by atoms with Crippen molar-refractivity contribution in [1.82, 2.24) is 8.75 Å². The molecule has 1 rings (SSSR count). The van der Waals surface area contributed by atoms with E-state index in [9.17, 15) is 9.59 Å². The van der Waals surface area contributed by atoms with Crippen LogP contribution in [0.5, 0.6) is 0 Å². The molecule has 6 nitrogen and oxygen atoms in total. The van der Waals surface area contributed by atoms with E-state index < -0.39 is 11.9 Å². The molecule has 0 fully saturated rings. The van der Waals surface area contributed by atoms with Gasteiger partial charge in [-0.3, -0.25) is 0 Å². The van der Waals surface area contributed by atoms with E-state index in [4.69, 9.17) is 0 Å². The first kappa shape index (κ1) is 12.0. The molecule has 0 saturated carbocycles. The molecule has 0 unspecified atom stereocenters. The molecule has 1 heterocycles. The van der Waals surface area contributed by atoms with Gasteiger partial charge in [-0.05, 0) is 0 Å². The number of hydrogen-bond donors (Lipinski definition) is 0.